The maximum Gasteiger partial charge on any atom is 0.247 e. The van der Waals surface area contributed by atoms with Crippen molar-refractivity contribution in [3.05, 3.63) is 88.5 Å². The number of aromatic nitrogens is 2. The van der Waals surface area contributed by atoms with E-state index in [-0.39, 0.29) is 11.8 Å². The van der Waals surface area contributed by atoms with Crippen LogP contribution in [0.3, 0.4) is 0 Å². The van der Waals surface area contributed by atoms with Gasteiger partial charge < -0.3 is 10.2 Å². The van der Waals surface area contributed by atoms with Crippen LogP contribution in [0.2, 0.25) is 10.0 Å². The number of carbonyl (C=O) groups excluding carboxylic acids is 2. The number of hydrogen-bond acceptors (Lipinski definition) is 4. The van der Waals surface area contributed by atoms with E-state index in [1.807, 2.05) is 61.5 Å². The van der Waals surface area contributed by atoms with Crippen molar-refractivity contribution in [1.82, 2.24) is 14.7 Å². The van der Waals surface area contributed by atoms with Crippen molar-refractivity contribution in [2.45, 2.75) is 31.8 Å². The molecule has 2 amide bonds. The van der Waals surface area contributed by atoms with Gasteiger partial charge in [0.05, 0.1) is 22.3 Å². The molecule has 0 bridgehead atoms. The summed E-state index contributed by atoms with van der Waals surface area (Å²) in [6, 6.07) is 19.9. The van der Waals surface area contributed by atoms with E-state index in [4.69, 9.17) is 23.2 Å². The number of hydrogen-bond donors (Lipinski definition) is 1. The number of fused-ring (bicyclic) bond motifs is 2. The van der Waals surface area contributed by atoms with E-state index in [9.17, 15) is 9.59 Å². The van der Waals surface area contributed by atoms with Gasteiger partial charge in [0.15, 0.2) is 5.82 Å². The van der Waals surface area contributed by atoms with Gasteiger partial charge in [0.1, 0.15) is 12.0 Å². The monoisotopic (exact) mass is 545 g/mol. The number of aliphatic imine (C=N–C) groups is 1. The lowest BCUT2D eigenvalue weighted by Gasteiger charge is -2.35. The fraction of sp³-hybridized carbons (Fsp3) is 0.241. The minimum absolute atomic E-state index is 0.153. The Balaban J connectivity index is 1.30. The van der Waals surface area contributed by atoms with Crippen molar-refractivity contribution < 1.29 is 9.59 Å². The van der Waals surface area contributed by atoms with E-state index in [1.54, 1.807) is 27.9 Å². The Hall–Kier alpha value is -3.68. The summed E-state index contributed by atoms with van der Waals surface area (Å²) < 4.78 is 1.75. The number of carbonyl (C=O) groups is 2. The van der Waals surface area contributed by atoms with Gasteiger partial charge >= 0.3 is 0 Å². The Morgan fingerprint density at radius 1 is 0.974 bits per heavy atom. The molecule has 1 N–H and O–H groups in total. The summed E-state index contributed by atoms with van der Waals surface area (Å²) in [5.74, 6) is -0.328. The number of nitrogens with zero attached hydrogens (tertiary/aromatic N) is 4. The van der Waals surface area contributed by atoms with Crippen LogP contribution in [0.1, 0.15) is 31.4 Å². The number of halogens is 2. The predicted molar refractivity (Wildman–Crippen MR) is 150 cm³/mol. The molecule has 3 aromatic carbocycles. The van der Waals surface area contributed by atoms with Gasteiger partial charge in [-0.25, -0.2) is 9.67 Å². The zero-order chi connectivity index (χ0) is 26.4. The fourth-order valence-electron chi connectivity index (χ4n) is 5.55. The van der Waals surface area contributed by atoms with Crippen LogP contribution in [-0.4, -0.2) is 44.8 Å². The predicted octanol–water partition coefficient (Wildman–Crippen LogP) is 6.28. The first-order valence-electron chi connectivity index (χ1n) is 12.5. The van der Waals surface area contributed by atoms with Gasteiger partial charge in [-0.15, -0.1) is 0 Å². The van der Waals surface area contributed by atoms with E-state index in [2.05, 4.69) is 15.4 Å². The summed E-state index contributed by atoms with van der Waals surface area (Å²) in [7, 11) is 0. The van der Waals surface area contributed by atoms with Crippen molar-refractivity contribution in [2.24, 2.45) is 10.9 Å². The second-order valence-corrected chi connectivity index (χ2v) is 10.5. The van der Waals surface area contributed by atoms with Crippen LogP contribution >= 0.6 is 23.2 Å². The molecular formula is C29H25Cl2N5O2. The third-order valence-electron chi connectivity index (χ3n) is 7.38. The van der Waals surface area contributed by atoms with Crippen molar-refractivity contribution >= 4 is 63.0 Å². The largest absolute Gasteiger partial charge is 0.330 e. The highest BCUT2D eigenvalue weighted by Crippen LogP contribution is 2.39. The van der Waals surface area contributed by atoms with Gasteiger partial charge in [-0.1, -0.05) is 59.6 Å². The lowest BCUT2D eigenvalue weighted by atomic mass is 9.87. The molecule has 2 aliphatic heterocycles. The zero-order valence-corrected chi connectivity index (χ0v) is 22.2. The summed E-state index contributed by atoms with van der Waals surface area (Å²) in [6.45, 7) is 2.35. The van der Waals surface area contributed by atoms with E-state index >= 15 is 0 Å². The molecule has 9 heteroatoms. The number of nitrogens with one attached hydrogen (secondary N) is 1. The lowest BCUT2D eigenvalue weighted by Crippen LogP contribution is -2.49. The molecule has 3 atom stereocenters. The van der Waals surface area contributed by atoms with Crippen LogP contribution in [-0.2, 0) is 9.59 Å². The van der Waals surface area contributed by atoms with E-state index < -0.39 is 18.0 Å². The Labute approximate surface area is 230 Å². The van der Waals surface area contributed by atoms with Crippen LogP contribution in [0.4, 0.5) is 11.5 Å². The first kappa shape index (κ1) is 24.6. The number of anilines is 1. The van der Waals surface area contributed by atoms with Gasteiger partial charge in [-0.2, -0.15) is 5.10 Å². The maximum absolute atomic E-state index is 14.2. The molecule has 1 fully saturated rings. The van der Waals surface area contributed by atoms with Crippen molar-refractivity contribution in [2.75, 3.05) is 11.9 Å². The Kier molecular flexibility index (Phi) is 6.41. The molecule has 1 saturated heterocycles. The molecule has 6 rings (SSSR count). The van der Waals surface area contributed by atoms with Gasteiger partial charge in [0, 0.05) is 24.0 Å². The van der Waals surface area contributed by atoms with Crippen LogP contribution in [0.5, 0.6) is 0 Å². The molecule has 192 valence electrons. The third kappa shape index (κ3) is 4.36. The number of amides is 2. The number of rotatable bonds is 4. The standard InChI is InChI=1S/C29H25Cl2N5O2/c1-17-26(27(36-25(33-17)12-13-32-36)20-9-11-22(30)23(31)16-20)29(38)35-14-4-7-24(35)28(37)34-21-10-8-18-5-2-3-6-19(18)15-21/h2-3,5-6,8-13,15-16,24,26-27H,4,7,14H2,1H3,(H,34,37)/t24-,26?,27?/m0/s1. The maximum atomic E-state index is 14.2. The fourth-order valence-corrected chi connectivity index (χ4v) is 5.85. The summed E-state index contributed by atoms with van der Waals surface area (Å²) in [6.07, 6.45) is 3.01. The Bertz CT molecular complexity index is 1600. The summed E-state index contributed by atoms with van der Waals surface area (Å²) >= 11 is 12.5. The molecule has 0 aliphatic carbocycles. The molecule has 2 unspecified atom stereocenters. The average molecular weight is 546 g/mol. The first-order valence-corrected chi connectivity index (χ1v) is 13.3. The molecule has 2 aliphatic rings. The van der Waals surface area contributed by atoms with Crippen LogP contribution < -0.4 is 5.32 Å². The van der Waals surface area contributed by atoms with Crippen molar-refractivity contribution in [3.8, 4) is 0 Å². The lowest BCUT2D eigenvalue weighted by molar-refractivity contribution is -0.139. The quantitative estimate of drug-likeness (QED) is 0.327. The molecule has 0 spiro atoms. The smallest absolute Gasteiger partial charge is 0.247 e. The minimum atomic E-state index is -0.645. The van der Waals surface area contributed by atoms with Crippen LogP contribution in [0.25, 0.3) is 10.8 Å². The number of benzene rings is 3. The third-order valence-corrected chi connectivity index (χ3v) is 8.12. The van der Waals surface area contributed by atoms with Crippen LogP contribution in [0, 0.1) is 5.92 Å². The highest BCUT2D eigenvalue weighted by molar-refractivity contribution is 6.42. The minimum Gasteiger partial charge on any atom is -0.330 e. The van der Waals surface area contributed by atoms with Gasteiger partial charge in [-0.3, -0.25) is 9.59 Å². The normalized spacial score (nSPS) is 20.8. The first-order chi connectivity index (χ1) is 18.4. The van der Waals surface area contributed by atoms with E-state index in [0.717, 1.165) is 22.8 Å². The van der Waals surface area contributed by atoms with Crippen LogP contribution in [0.15, 0.2) is 77.9 Å². The summed E-state index contributed by atoms with van der Waals surface area (Å²) in [5, 5.41) is 10.5. The molecule has 3 heterocycles. The second kappa shape index (κ2) is 9.89. The summed E-state index contributed by atoms with van der Waals surface area (Å²) in [5.41, 5.74) is 2.17. The summed E-state index contributed by atoms with van der Waals surface area (Å²) in [4.78, 5) is 34.0. The van der Waals surface area contributed by atoms with E-state index in [0.29, 0.717) is 40.2 Å². The average Bonchev–Trinajstić information content (AvgIpc) is 3.59. The van der Waals surface area contributed by atoms with Gasteiger partial charge in [0.2, 0.25) is 11.8 Å². The van der Waals surface area contributed by atoms with Gasteiger partial charge in [-0.05, 0) is 60.4 Å². The Morgan fingerprint density at radius 2 is 1.79 bits per heavy atom. The molecule has 0 saturated carbocycles. The van der Waals surface area contributed by atoms with Gasteiger partial charge in [0.25, 0.3) is 0 Å². The topological polar surface area (TPSA) is 79.6 Å². The molecule has 38 heavy (non-hydrogen) atoms. The zero-order valence-electron chi connectivity index (χ0n) is 20.6. The van der Waals surface area contributed by atoms with Crippen molar-refractivity contribution in [3.63, 3.8) is 0 Å². The van der Waals surface area contributed by atoms with E-state index in [1.165, 1.54) is 0 Å². The highest BCUT2D eigenvalue weighted by atomic mass is 35.5. The SMILES string of the molecule is CC1=Nc2ccnn2C(c2ccc(Cl)c(Cl)c2)C1C(=O)N1CCC[C@H]1C(=O)Nc1ccc2ccccc2c1. The molecule has 7 nitrogen and oxygen atoms in total. The molecule has 0 radical (unpaired) electrons. The Morgan fingerprint density at radius 3 is 2.61 bits per heavy atom. The van der Waals surface area contributed by atoms with Crippen molar-refractivity contribution in [1.29, 1.82) is 0 Å². The second-order valence-electron chi connectivity index (χ2n) is 9.72. The molecule has 1 aromatic heterocycles. The highest BCUT2D eigenvalue weighted by Gasteiger charge is 2.44. The number of likely N-dealkylation sites (tertiary alicyclic amines) is 1. The molecular weight excluding hydrogens is 521 g/mol. The molecule has 4 aromatic rings.